The molecule has 0 aromatic heterocycles. The van der Waals surface area contributed by atoms with Crippen LogP contribution in [0.2, 0.25) is 0 Å². The highest BCUT2D eigenvalue weighted by atomic mass is 16.5. The minimum Gasteiger partial charge on any atom is -0.380 e. The van der Waals surface area contributed by atoms with Gasteiger partial charge in [0.25, 0.3) is 0 Å². The summed E-state index contributed by atoms with van der Waals surface area (Å²) in [7, 11) is 0. The summed E-state index contributed by atoms with van der Waals surface area (Å²) in [5.74, 6) is 0.224. The van der Waals surface area contributed by atoms with Crippen molar-refractivity contribution in [3.05, 3.63) is 0 Å². The zero-order valence-corrected chi connectivity index (χ0v) is 8.25. The Morgan fingerprint density at radius 2 is 2.38 bits per heavy atom. The van der Waals surface area contributed by atoms with Crippen molar-refractivity contribution in [1.29, 1.82) is 5.26 Å². The maximum absolute atomic E-state index is 8.82. The second-order valence-corrected chi connectivity index (χ2v) is 3.42. The van der Waals surface area contributed by atoms with Gasteiger partial charge < -0.3 is 10.1 Å². The number of nitriles is 1. The maximum atomic E-state index is 8.82. The molecule has 0 radical (unpaired) electrons. The number of rotatable bonds is 5. The molecule has 0 aromatic carbocycles. The molecule has 1 saturated carbocycles. The lowest BCUT2D eigenvalue weighted by atomic mass is 10.1. The molecule has 1 fully saturated rings. The molecule has 0 bridgehead atoms. The summed E-state index contributed by atoms with van der Waals surface area (Å²) in [6.07, 6.45) is 3.39. The van der Waals surface area contributed by atoms with Gasteiger partial charge in [0.2, 0.25) is 0 Å². The number of ether oxygens (including phenoxy) is 1. The fourth-order valence-corrected chi connectivity index (χ4v) is 1.82. The first-order valence-corrected chi connectivity index (χ1v) is 5.09. The van der Waals surface area contributed by atoms with Crippen LogP contribution in [0.4, 0.5) is 0 Å². The third kappa shape index (κ3) is 3.33. The molecule has 3 heteroatoms. The van der Waals surface area contributed by atoms with Gasteiger partial charge in [-0.25, -0.2) is 0 Å². The number of nitrogens with zero attached hydrogens (tertiary/aromatic N) is 1. The van der Waals surface area contributed by atoms with Gasteiger partial charge in [0, 0.05) is 19.2 Å². The molecule has 0 amide bonds. The summed E-state index contributed by atoms with van der Waals surface area (Å²) in [6, 6.07) is 2.76. The van der Waals surface area contributed by atoms with Gasteiger partial charge in [-0.1, -0.05) is 6.42 Å². The van der Waals surface area contributed by atoms with Gasteiger partial charge in [-0.05, 0) is 19.8 Å². The van der Waals surface area contributed by atoms with E-state index in [4.69, 9.17) is 10.00 Å². The van der Waals surface area contributed by atoms with Crippen molar-refractivity contribution in [2.45, 2.75) is 32.2 Å². The Labute approximate surface area is 80.1 Å². The van der Waals surface area contributed by atoms with Gasteiger partial charge in [0.05, 0.1) is 18.6 Å². The number of nitrogens with one attached hydrogen (secondary N) is 1. The average Bonchev–Trinajstić information content (AvgIpc) is 2.60. The second-order valence-electron chi connectivity index (χ2n) is 3.42. The summed E-state index contributed by atoms with van der Waals surface area (Å²) in [6.45, 7) is 4.39. The van der Waals surface area contributed by atoms with E-state index < -0.39 is 0 Å². The van der Waals surface area contributed by atoms with Crippen LogP contribution in [-0.2, 0) is 4.74 Å². The molecule has 1 aliphatic carbocycles. The Kier molecular flexibility index (Phi) is 4.81. The summed E-state index contributed by atoms with van der Waals surface area (Å²) < 4.78 is 5.22. The van der Waals surface area contributed by atoms with Crippen molar-refractivity contribution < 1.29 is 4.74 Å². The molecule has 1 N–H and O–H groups in total. The van der Waals surface area contributed by atoms with Crippen molar-refractivity contribution in [2.75, 3.05) is 19.8 Å². The molecule has 0 saturated heterocycles. The molecule has 74 valence electrons. The summed E-state index contributed by atoms with van der Waals surface area (Å²) in [5.41, 5.74) is 0. The van der Waals surface area contributed by atoms with Crippen LogP contribution in [-0.4, -0.2) is 25.8 Å². The summed E-state index contributed by atoms with van der Waals surface area (Å²) in [4.78, 5) is 0. The standard InChI is InChI=1S/C10H18N2O/c1-2-13-7-6-12-10-5-3-4-9(10)8-11/h9-10,12H,2-7H2,1H3. The van der Waals surface area contributed by atoms with E-state index in [9.17, 15) is 0 Å². The predicted octanol–water partition coefficient (Wildman–Crippen LogP) is 1.30. The summed E-state index contributed by atoms with van der Waals surface area (Å²) in [5, 5.41) is 12.2. The molecule has 1 rings (SSSR count). The van der Waals surface area contributed by atoms with Crippen LogP contribution in [0.15, 0.2) is 0 Å². The molecule has 13 heavy (non-hydrogen) atoms. The van der Waals surface area contributed by atoms with E-state index >= 15 is 0 Å². The van der Waals surface area contributed by atoms with Gasteiger partial charge in [-0.2, -0.15) is 5.26 Å². The molecular formula is C10H18N2O. The van der Waals surface area contributed by atoms with E-state index in [0.717, 1.165) is 32.6 Å². The zero-order chi connectivity index (χ0) is 9.52. The van der Waals surface area contributed by atoms with E-state index in [1.54, 1.807) is 0 Å². The third-order valence-electron chi connectivity index (χ3n) is 2.54. The highest BCUT2D eigenvalue weighted by Crippen LogP contribution is 2.24. The normalized spacial score (nSPS) is 27.4. The van der Waals surface area contributed by atoms with Gasteiger partial charge >= 0.3 is 0 Å². The SMILES string of the molecule is CCOCCNC1CCCC1C#N. The third-order valence-corrected chi connectivity index (χ3v) is 2.54. The van der Waals surface area contributed by atoms with Gasteiger partial charge in [-0.3, -0.25) is 0 Å². The highest BCUT2D eigenvalue weighted by Gasteiger charge is 2.25. The van der Waals surface area contributed by atoms with Gasteiger partial charge in [0.15, 0.2) is 0 Å². The fraction of sp³-hybridized carbons (Fsp3) is 0.900. The van der Waals surface area contributed by atoms with Crippen molar-refractivity contribution in [3.63, 3.8) is 0 Å². The largest absolute Gasteiger partial charge is 0.380 e. The quantitative estimate of drug-likeness (QED) is 0.652. The molecule has 2 unspecified atom stereocenters. The minimum absolute atomic E-state index is 0.224. The van der Waals surface area contributed by atoms with E-state index in [1.807, 2.05) is 6.92 Å². The molecule has 0 aromatic rings. The first-order valence-electron chi connectivity index (χ1n) is 5.09. The molecule has 2 atom stereocenters. The van der Waals surface area contributed by atoms with E-state index in [2.05, 4.69) is 11.4 Å². The average molecular weight is 182 g/mol. The number of hydrogen-bond donors (Lipinski definition) is 1. The van der Waals surface area contributed by atoms with Crippen molar-refractivity contribution in [2.24, 2.45) is 5.92 Å². The van der Waals surface area contributed by atoms with Crippen LogP contribution in [0.3, 0.4) is 0 Å². The molecule has 3 nitrogen and oxygen atoms in total. The lowest BCUT2D eigenvalue weighted by Gasteiger charge is -2.14. The Morgan fingerprint density at radius 3 is 3.08 bits per heavy atom. The zero-order valence-electron chi connectivity index (χ0n) is 8.25. The Hall–Kier alpha value is -0.590. The first-order chi connectivity index (χ1) is 6.38. The maximum Gasteiger partial charge on any atom is 0.0672 e. The highest BCUT2D eigenvalue weighted by molar-refractivity contribution is 4.96. The van der Waals surface area contributed by atoms with Crippen molar-refractivity contribution >= 4 is 0 Å². The Balaban J connectivity index is 2.10. The van der Waals surface area contributed by atoms with Crippen molar-refractivity contribution in [3.8, 4) is 6.07 Å². The molecule has 1 aliphatic rings. The topological polar surface area (TPSA) is 45.0 Å². The fourth-order valence-electron chi connectivity index (χ4n) is 1.82. The van der Waals surface area contributed by atoms with E-state index in [0.29, 0.717) is 6.04 Å². The lowest BCUT2D eigenvalue weighted by molar-refractivity contribution is 0.146. The number of hydrogen-bond acceptors (Lipinski definition) is 3. The van der Waals surface area contributed by atoms with Crippen molar-refractivity contribution in [1.82, 2.24) is 5.32 Å². The predicted molar refractivity (Wildman–Crippen MR) is 51.2 cm³/mol. The van der Waals surface area contributed by atoms with Gasteiger partial charge in [-0.15, -0.1) is 0 Å². The van der Waals surface area contributed by atoms with E-state index in [1.165, 1.54) is 6.42 Å². The molecular weight excluding hydrogens is 164 g/mol. The monoisotopic (exact) mass is 182 g/mol. The summed E-state index contributed by atoms with van der Waals surface area (Å²) >= 11 is 0. The smallest absolute Gasteiger partial charge is 0.0672 e. The van der Waals surface area contributed by atoms with Gasteiger partial charge in [0.1, 0.15) is 0 Å². The van der Waals surface area contributed by atoms with Crippen LogP contribution in [0, 0.1) is 17.2 Å². The Morgan fingerprint density at radius 1 is 1.54 bits per heavy atom. The van der Waals surface area contributed by atoms with Crippen LogP contribution in [0.5, 0.6) is 0 Å². The first kappa shape index (κ1) is 10.5. The molecule has 0 heterocycles. The second kappa shape index (κ2) is 5.95. The Bertz CT molecular complexity index is 176. The molecule has 0 spiro atoms. The lowest BCUT2D eigenvalue weighted by Crippen LogP contribution is -2.34. The minimum atomic E-state index is 0.224. The van der Waals surface area contributed by atoms with Crippen LogP contribution in [0.1, 0.15) is 26.2 Å². The van der Waals surface area contributed by atoms with E-state index in [-0.39, 0.29) is 5.92 Å². The molecule has 0 aliphatic heterocycles. The van der Waals surface area contributed by atoms with Crippen LogP contribution < -0.4 is 5.32 Å². The van der Waals surface area contributed by atoms with Crippen LogP contribution in [0.25, 0.3) is 0 Å². The van der Waals surface area contributed by atoms with Crippen LogP contribution >= 0.6 is 0 Å².